The summed E-state index contributed by atoms with van der Waals surface area (Å²) in [4.78, 5) is 16.4. The van der Waals surface area contributed by atoms with Crippen molar-refractivity contribution in [2.45, 2.75) is 39.1 Å². The molecule has 0 saturated heterocycles. The highest BCUT2D eigenvalue weighted by Crippen LogP contribution is 2.31. The number of hydrogen-bond acceptors (Lipinski definition) is 5. The first kappa shape index (κ1) is 27.2. The van der Waals surface area contributed by atoms with E-state index >= 15 is 0 Å². The van der Waals surface area contributed by atoms with E-state index in [0.29, 0.717) is 22.4 Å². The van der Waals surface area contributed by atoms with Crippen LogP contribution >= 0.6 is 0 Å². The average Bonchev–Trinajstić information content (AvgIpc) is 2.85. The number of hydrogen-bond donors (Lipinski definition) is 1. The van der Waals surface area contributed by atoms with Gasteiger partial charge in [0.2, 0.25) is 11.8 Å². The van der Waals surface area contributed by atoms with Gasteiger partial charge in [0.1, 0.15) is 12.3 Å². The number of benzene rings is 2. The molecule has 192 valence electrons. The quantitative estimate of drug-likeness (QED) is 0.415. The van der Waals surface area contributed by atoms with Gasteiger partial charge in [0.15, 0.2) is 0 Å². The van der Waals surface area contributed by atoms with Gasteiger partial charge in [-0.1, -0.05) is 42.5 Å². The second-order valence-electron chi connectivity index (χ2n) is 8.13. The van der Waals surface area contributed by atoms with E-state index in [1.165, 1.54) is 13.1 Å². The number of carbonyl (C=O) groups is 1. The summed E-state index contributed by atoms with van der Waals surface area (Å²) in [6, 6.07) is 16.0. The molecule has 1 aromatic heterocycles. The average molecular weight is 521 g/mol. The van der Waals surface area contributed by atoms with Crippen LogP contribution in [0.2, 0.25) is 0 Å². The number of ether oxygens (including phenoxy) is 1. The minimum absolute atomic E-state index is 0.0146. The molecule has 1 heterocycles. The zero-order chi connectivity index (χ0) is 26.5. The van der Waals surface area contributed by atoms with Crippen LogP contribution in [0.25, 0.3) is 0 Å². The highest BCUT2D eigenvalue weighted by Gasteiger charge is 2.33. The predicted octanol–water partition coefficient (Wildman–Crippen LogP) is 4.64. The largest absolute Gasteiger partial charge is 0.755 e. The van der Waals surface area contributed by atoms with E-state index in [4.69, 9.17) is 4.74 Å². The van der Waals surface area contributed by atoms with Gasteiger partial charge >= 0.3 is 6.18 Å². The zero-order valence-corrected chi connectivity index (χ0v) is 20.7. The lowest BCUT2D eigenvalue weighted by molar-refractivity contribution is -0.141. The van der Waals surface area contributed by atoms with Crippen LogP contribution in [0.1, 0.15) is 40.8 Å². The molecule has 2 aromatic carbocycles. The Kier molecular flexibility index (Phi) is 8.70. The van der Waals surface area contributed by atoms with Crippen LogP contribution in [0.5, 0.6) is 5.88 Å². The second kappa shape index (κ2) is 11.5. The Bertz CT molecular complexity index is 1240. The van der Waals surface area contributed by atoms with Crippen LogP contribution < -0.4 is 14.4 Å². The van der Waals surface area contributed by atoms with Crippen LogP contribution in [-0.2, 0) is 35.4 Å². The minimum atomic E-state index is -4.64. The molecule has 2 atom stereocenters. The molecule has 1 N–H and O–H groups in total. The second-order valence-corrected chi connectivity index (χ2v) is 9.11. The van der Waals surface area contributed by atoms with Crippen molar-refractivity contribution in [2.24, 2.45) is 0 Å². The fraction of sp³-hybridized carbons (Fsp3) is 0.280. The third kappa shape index (κ3) is 6.82. The van der Waals surface area contributed by atoms with Crippen LogP contribution in [-0.4, -0.2) is 26.7 Å². The molecule has 2 unspecified atom stereocenters. The highest BCUT2D eigenvalue weighted by atomic mass is 32.2. The number of pyridine rings is 1. The summed E-state index contributed by atoms with van der Waals surface area (Å²) in [6.45, 7) is 3.34. The Morgan fingerprint density at radius 2 is 1.86 bits per heavy atom. The molecule has 0 radical (unpaired) electrons. The Hall–Kier alpha value is -3.44. The predicted molar refractivity (Wildman–Crippen MR) is 129 cm³/mol. The monoisotopic (exact) mass is 520 g/mol. The molecule has 7 nitrogen and oxygen atoms in total. The third-order valence-electron chi connectivity index (χ3n) is 5.58. The maximum atomic E-state index is 13.2. The lowest BCUT2D eigenvalue weighted by Gasteiger charge is -2.24. The molecule has 1 amide bonds. The van der Waals surface area contributed by atoms with Gasteiger partial charge in [-0.05, 0) is 48.7 Å². The number of nitrogens with zero attached hydrogens (tertiary/aromatic N) is 2. The number of aryl methyl sites for hydroxylation is 1. The minimum Gasteiger partial charge on any atom is -0.755 e. The smallest absolute Gasteiger partial charge is 0.433 e. The summed E-state index contributed by atoms with van der Waals surface area (Å²) in [5.74, 6) is -1.18. The number of carbonyl (C=O) groups excluding carboxylic acids is 1. The number of halogens is 3. The van der Waals surface area contributed by atoms with Gasteiger partial charge in [-0.2, -0.15) is 13.2 Å². The van der Waals surface area contributed by atoms with Crippen molar-refractivity contribution >= 4 is 22.9 Å². The highest BCUT2D eigenvalue weighted by molar-refractivity contribution is 7.80. The number of aromatic nitrogens is 1. The van der Waals surface area contributed by atoms with Crippen LogP contribution in [0.3, 0.4) is 0 Å². The van der Waals surface area contributed by atoms with Crippen molar-refractivity contribution in [1.29, 1.82) is 0 Å². The molecule has 0 spiro atoms. The number of nitrogens with one attached hydrogen (secondary N) is 1. The van der Waals surface area contributed by atoms with E-state index in [-0.39, 0.29) is 24.9 Å². The molecule has 0 aliphatic rings. The van der Waals surface area contributed by atoms with Gasteiger partial charge in [0.05, 0.1) is 11.6 Å². The van der Waals surface area contributed by atoms with Gasteiger partial charge in [-0.15, -0.1) is 0 Å². The van der Waals surface area contributed by atoms with Gasteiger partial charge in [-0.25, -0.2) is 4.98 Å². The van der Waals surface area contributed by atoms with E-state index in [1.54, 1.807) is 56.3 Å². The molecule has 0 bridgehead atoms. The first-order valence-electron chi connectivity index (χ1n) is 10.9. The first-order chi connectivity index (χ1) is 17.0. The third-order valence-corrected chi connectivity index (χ3v) is 6.22. The molecular weight excluding hydrogens is 495 g/mol. The zero-order valence-electron chi connectivity index (χ0n) is 19.8. The Balaban J connectivity index is 1.74. The SMILES string of the molecule is Cc1cc(C(C)C(=O)NCc2ccc(C(F)(F)F)nc2OCc2ccccc2)ccc1N(C)S(=O)[O-]. The van der Waals surface area contributed by atoms with Crippen molar-refractivity contribution in [3.05, 3.63) is 88.6 Å². The Morgan fingerprint density at radius 3 is 2.47 bits per heavy atom. The van der Waals surface area contributed by atoms with Crippen LogP contribution in [0.4, 0.5) is 18.9 Å². The standard InChI is InChI=1S/C25H26F3N3O4S/c1-16-13-19(9-11-21(16)31(3)36(33)34)17(2)23(32)29-14-20-10-12-22(25(26,27)28)30-24(20)35-15-18-7-5-4-6-8-18/h4-13,17H,14-15H2,1-3H3,(H,29,32)(H,33,34)/p-1. The van der Waals surface area contributed by atoms with Crippen molar-refractivity contribution < 1.29 is 31.5 Å². The van der Waals surface area contributed by atoms with Gasteiger partial charge < -0.3 is 18.9 Å². The molecule has 0 aliphatic heterocycles. The van der Waals surface area contributed by atoms with Gasteiger partial charge in [-0.3, -0.25) is 9.00 Å². The van der Waals surface area contributed by atoms with Crippen molar-refractivity contribution in [1.82, 2.24) is 10.3 Å². The van der Waals surface area contributed by atoms with Crippen molar-refractivity contribution in [3.8, 4) is 5.88 Å². The van der Waals surface area contributed by atoms with Crippen molar-refractivity contribution in [2.75, 3.05) is 11.4 Å². The summed E-state index contributed by atoms with van der Waals surface area (Å²) in [5, 5.41) is 2.72. The maximum absolute atomic E-state index is 13.2. The molecule has 0 fully saturated rings. The van der Waals surface area contributed by atoms with Crippen molar-refractivity contribution in [3.63, 3.8) is 0 Å². The van der Waals surface area contributed by atoms with Gasteiger partial charge in [0.25, 0.3) is 0 Å². The van der Waals surface area contributed by atoms with E-state index in [0.717, 1.165) is 15.9 Å². The number of rotatable bonds is 9. The Morgan fingerprint density at radius 1 is 1.17 bits per heavy atom. The van der Waals surface area contributed by atoms with E-state index < -0.39 is 29.1 Å². The number of anilines is 1. The molecule has 0 saturated carbocycles. The number of amides is 1. The lowest BCUT2D eigenvalue weighted by Crippen LogP contribution is -2.28. The molecule has 0 aliphatic carbocycles. The summed E-state index contributed by atoms with van der Waals surface area (Å²) in [5.41, 5.74) is 1.77. The molecule has 11 heteroatoms. The van der Waals surface area contributed by atoms with Crippen LogP contribution in [0.15, 0.2) is 60.7 Å². The first-order valence-corrected chi connectivity index (χ1v) is 12.0. The van der Waals surface area contributed by atoms with Crippen LogP contribution in [0, 0.1) is 6.92 Å². The topological polar surface area (TPSA) is 94.6 Å². The maximum Gasteiger partial charge on any atom is 0.433 e. The van der Waals surface area contributed by atoms with E-state index in [1.807, 2.05) is 6.07 Å². The van der Waals surface area contributed by atoms with Gasteiger partial charge in [0, 0.05) is 30.4 Å². The fourth-order valence-electron chi connectivity index (χ4n) is 3.48. The summed E-state index contributed by atoms with van der Waals surface area (Å²) >= 11 is -2.43. The van der Waals surface area contributed by atoms with E-state index in [2.05, 4.69) is 10.3 Å². The molecule has 3 rings (SSSR count). The molecule has 3 aromatic rings. The normalized spacial score (nSPS) is 13.1. The fourth-order valence-corrected chi connectivity index (χ4v) is 3.85. The Labute approximate surface area is 209 Å². The summed E-state index contributed by atoms with van der Waals surface area (Å²) < 4.78 is 68.7. The van der Waals surface area contributed by atoms with E-state index in [9.17, 15) is 26.7 Å². The summed E-state index contributed by atoms with van der Waals surface area (Å²) in [7, 11) is 1.41. The number of alkyl halides is 3. The molecular formula is C25H25F3N3O4S-. The molecule has 36 heavy (non-hydrogen) atoms. The lowest BCUT2D eigenvalue weighted by atomic mass is 9.97. The summed E-state index contributed by atoms with van der Waals surface area (Å²) in [6.07, 6.45) is -4.64.